The van der Waals surface area contributed by atoms with Crippen molar-refractivity contribution in [2.75, 3.05) is 32.9 Å². The van der Waals surface area contributed by atoms with E-state index >= 15 is 0 Å². The topological polar surface area (TPSA) is 95.0 Å². The summed E-state index contributed by atoms with van der Waals surface area (Å²) in [7, 11) is -3.54. The molecule has 33 heavy (non-hydrogen) atoms. The zero-order valence-corrected chi connectivity index (χ0v) is 19.3. The molecule has 1 aromatic heterocycles. The molecule has 1 saturated heterocycles. The Hall–Kier alpha value is -2.79. The molecule has 1 atom stereocenters. The third kappa shape index (κ3) is 4.65. The van der Waals surface area contributed by atoms with E-state index in [1.54, 1.807) is 36.4 Å². The zero-order valence-electron chi connectivity index (χ0n) is 17.7. The van der Waals surface area contributed by atoms with Crippen molar-refractivity contribution in [3.63, 3.8) is 0 Å². The maximum Gasteiger partial charge on any atom is 0.243 e. The number of sulfonamides is 1. The third-order valence-corrected chi connectivity index (χ3v) is 8.26. The lowest BCUT2D eigenvalue weighted by molar-refractivity contribution is -0.127. The highest BCUT2D eigenvalue weighted by Gasteiger charge is 2.28. The maximum atomic E-state index is 12.8. The van der Waals surface area contributed by atoms with Gasteiger partial charge in [0.1, 0.15) is 11.6 Å². The quantitative estimate of drug-likeness (QED) is 0.529. The van der Waals surface area contributed by atoms with Crippen molar-refractivity contribution in [2.24, 2.45) is 0 Å². The first kappa shape index (κ1) is 22.0. The third-order valence-electron chi connectivity index (χ3n) is 5.50. The summed E-state index contributed by atoms with van der Waals surface area (Å²) in [5, 5.41) is 2.53. The second-order valence-corrected chi connectivity index (χ2v) is 10.6. The molecule has 0 bridgehead atoms. The lowest BCUT2D eigenvalue weighted by Gasteiger charge is -2.26. The number of nitrogens with zero attached hydrogens (tertiary/aromatic N) is 2. The monoisotopic (exact) mass is 486 g/mol. The van der Waals surface area contributed by atoms with Crippen LogP contribution < -0.4 is 9.47 Å². The fraction of sp³-hybridized carbons (Fsp3) is 0.304. The lowest BCUT2D eigenvalue weighted by atomic mass is 10.1. The van der Waals surface area contributed by atoms with Crippen LogP contribution in [0.4, 0.5) is 0 Å². The Labute approximate surface area is 195 Å². The van der Waals surface area contributed by atoms with Crippen LogP contribution in [0.1, 0.15) is 5.01 Å². The highest BCUT2D eigenvalue weighted by atomic mass is 32.2. The number of fused-ring (bicyclic) bond motifs is 1. The van der Waals surface area contributed by atoms with Crippen LogP contribution >= 0.6 is 11.3 Å². The van der Waals surface area contributed by atoms with Crippen molar-refractivity contribution in [1.29, 1.82) is 0 Å². The van der Waals surface area contributed by atoms with Crippen LogP contribution in [-0.4, -0.2) is 62.5 Å². The number of hydrogen-bond donors (Lipinski definition) is 0. The van der Waals surface area contributed by atoms with E-state index in [0.717, 1.165) is 5.56 Å². The van der Waals surface area contributed by atoms with Gasteiger partial charge in [0.05, 0.1) is 30.2 Å². The Bertz CT molecular complexity index is 1250. The summed E-state index contributed by atoms with van der Waals surface area (Å²) in [6.07, 6.45) is -0.526. The van der Waals surface area contributed by atoms with Crippen LogP contribution in [-0.2, 0) is 26.0 Å². The Morgan fingerprint density at radius 3 is 2.55 bits per heavy atom. The van der Waals surface area contributed by atoms with Gasteiger partial charge in [0.25, 0.3) is 0 Å². The highest BCUT2D eigenvalue weighted by Crippen LogP contribution is 2.31. The fourth-order valence-electron chi connectivity index (χ4n) is 3.70. The van der Waals surface area contributed by atoms with Gasteiger partial charge in [-0.1, -0.05) is 24.3 Å². The van der Waals surface area contributed by atoms with Crippen molar-refractivity contribution in [3.8, 4) is 22.8 Å². The Morgan fingerprint density at radius 2 is 1.79 bits per heavy atom. The molecule has 1 unspecified atom stereocenters. The van der Waals surface area contributed by atoms with E-state index in [9.17, 15) is 13.2 Å². The maximum absolute atomic E-state index is 12.8. The molecule has 1 fully saturated rings. The van der Waals surface area contributed by atoms with Crippen molar-refractivity contribution >= 4 is 27.1 Å². The van der Waals surface area contributed by atoms with E-state index in [-0.39, 0.29) is 23.7 Å². The molecule has 2 aliphatic heterocycles. The number of benzene rings is 2. The van der Waals surface area contributed by atoms with Gasteiger partial charge in [0, 0.05) is 24.0 Å². The molecule has 0 radical (unpaired) electrons. The number of aromatic nitrogens is 1. The minimum atomic E-state index is -3.54. The van der Waals surface area contributed by atoms with Gasteiger partial charge in [-0.05, 0) is 24.3 Å². The van der Waals surface area contributed by atoms with Gasteiger partial charge in [-0.2, -0.15) is 4.31 Å². The Kier molecular flexibility index (Phi) is 6.15. The molecule has 3 heterocycles. The Balaban J connectivity index is 1.25. The van der Waals surface area contributed by atoms with Crippen molar-refractivity contribution in [1.82, 2.24) is 9.29 Å². The van der Waals surface area contributed by atoms with Gasteiger partial charge < -0.3 is 14.2 Å². The minimum Gasteiger partial charge on any atom is -0.485 e. The van der Waals surface area contributed by atoms with Crippen LogP contribution in [0, 0.1) is 0 Å². The van der Waals surface area contributed by atoms with Gasteiger partial charge in [-0.25, -0.2) is 13.4 Å². The molecule has 0 amide bonds. The molecule has 2 aliphatic rings. The molecule has 5 rings (SSSR count). The summed E-state index contributed by atoms with van der Waals surface area (Å²) in [5.41, 5.74) is 1.49. The number of carbonyl (C=O) groups excluding carboxylic acids is 1. The summed E-state index contributed by atoms with van der Waals surface area (Å²) >= 11 is 1.39. The van der Waals surface area contributed by atoms with Crippen molar-refractivity contribution in [2.45, 2.75) is 17.4 Å². The van der Waals surface area contributed by atoms with E-state index in [1.807, 2.05) is 17.5 Å². The lowest BCUT2D eigenvalue weighted by Crippen LogP contribution is -2.40. The van der Waals surface area contributed by atoms with E-state index in [2.05, 4.69) is 4.98 Å². The average Bonchev–Trinajstić information content (AvgIpc) is 3.33. The van der Waals surface area contributed by atoms with Gasteiger partial charge in [0.15, 0.2) is 23.4 Å². The summed E-state index contributed by atoms with van der Waals surface area (Å²) in [4.78, 5) is 17.5. The first-order valence-electron chi connectivity index (χ1n) is 10.5. The molecule has 0 aliphatic carbocycles. The largest absolute Gasteiger partial charge is 0.485 e. The molecule has 3 aromatic rings. The second-order valence-electron chi connectivity index (χ2n) is 7.67. The number of carbonyl (C=O) groups is 1. The number of rotatable bonds is 6. The van der Waals surface area contributed by atoms with Crippen molar-refractivity contribution < 1.29 is 27.4 Å². The highest BCUT2D eigenvalue weighted by molar-refractivity contribution is 7.89. The second kappa shape index (κ2) is 9.22. The number of Topliss-reactive ketones (excluding diaryl/α,β-unsaturated/α-hetero) is 1. The molecular formula is C23H22N2O6S2. The van der Waals surface area contributed by atoms with E-state index < -0.39 is 16.1 Å². The summed E-state index contributed by atoms with van der Waals surface area (Å²) in [6.45, 7) is 1.70. The van der Waals surface area contributed by atoms with E-state index in [1.165, 1.54) is 15.6 Å². The summed E-state index contributed by atoms with van der Waals surface area (Å²) in [6, 6.07) is 13.9. The zero-order chi connectivity index (χ0) is 22.8. The number of thiazole rings is 1. The number of ketones is 1. The van der Waals surface area contributed by atoms with Gasteiger partial charge >= 0.3 is 0 Å². The van der Waals surface area contributed by atoms with Crippen molar-refractivity contribution in [3.05, 3.63) is 58.9 Å². The van der Waals surface area contributed by atoms with Gasteiger partial charge in [0.2, 0.25) is 10.0 Å². The molecule has 172 valence electrons. The predicted octanol–water partition coefficient (Wildman–Crippen LogP) is 2.78. The van der Waals surface area contributed by atoms with Crippen LogP contribution in [0.2, 0.25) is 0 Å². The van der Waals surface area contributed by atoms with E-state index in [4.69, 9.17) is 14.2 Å². The SMILES string of the molecule is O=C(Cc1nc(-c2ccc(S(=O)(=O)N3CCOCC3)cc2)cs1)C1COc2ccccc2O1. The predicted molar refractivity (Wildman–Crippen MR) is 122 cm³/mol. The van der Waals surface area contributed by atoms with Crippen LogP contribution in [0.15, 0.2) is 58.8 Å². The van der Waals surface area contributed by atoms with Crippen LogP contribution in [0.3, 0.4) is 0 Å². The molecule has 0 saturated carbocycles. The molecule has 0 N–H and O–H groups in total. The smallest absolute Gasteiger partial charge is 0.243 e. The van der Waals surface area contributed by atoms with Crippen LogP contribution in [0.5, 0.6) is 11.5 Å². The number of para-hydroxylation sites is 2. The fourth-order valence-corrected chi connectivity index (χ4v) is 5.92. The average molecular weight is 487 g/mol. The molecule has 10 heteroatoms. The molecular weight excluding hydrogens is 464 g/mol. The molecule has 2 aromatic carbocycles. The Morgan fingerprint density at radius 1 is 1.06 bits per heavy atom. The number of morpholine rings is 1. The molecule has 8 nitrogen and oxygen atoms in total. The number of ether oxygens (including phenoxy) is 3. The molecule has 0 spiro atoms. The minimum absolute atomic E-state index is 0.0997. The van der Waals surface area contributed by atoms with Gasteiger partial charge in [-0.15, -0.1) is 11.3 Å². The van der Waals surface area contributed by atoms with E-state index in [0.29, 0.717) is 48.5 Å². The first-order valence-corrected chi connectivity index (χ1v) is 12.9. The normalized spacial score (nSPS) is 18.7. The standard InChI is InChI=1S/C23H22N2O6S2/c26-19(22-14-30-20-3-1-2-4-21(20)31-22)13-23-24-18(15-32-23)16-5-7-17(8-6-16)33(27,28)25-9-11-29-12-10-25/h1-8,15,22H,9-14H2. The number of hydrogen-bond acceptors (Lipinski definition) is 8. The van der Waals surface area contributed by atoms with Gasteiger partial charge in [-0.3, -0.25) is 4.79 Å². The van der Waals surface area contributed by atoms with Crippen LogP contribution in [0.25, 0.3) is 11.3 Å². The first-order chi connectivity index (χ1) is 16.0. The summed E-state index contributed by atoms with van der Waals surface area (Å²) in [5.74, 6) is 1.10. The summed E-state index contributed by atoms with van der Waals surface area (Å²) < 4.78 is 43.7.